The molecular weight excluding hydrogens is 204 g/mol. The highest BCUT2D eigenvalue weighted by atomic mass is 32.1. The number of ether oxygens (including phenoxy) is 1. The average Bonchev–Trinajstić information content (AvgIpc) is 2.51. The Morgan fingerprint density at radius 1 is 1.43 bits per heavy atom. The van der Waals surface area contributed by atoms with E-state index in [1.54, 1.807) is 13.8 Å². The molecule has 5 nitrogen and oxygen atoms in total. The van der Waals surface area contributed by atoms with Crippen LogP contribution in [0.15, 0.2) is 0 Å². The van der Waals surface area contributed by atoms with E-state index < -0.39 is 11.8 Å². The highest BCUT2D eigenvalue weighted by molar-refractivity contribution is 7.11. The predicted octanol–water partition coefficient (Wildman–Crippen LogP) is 0.521. The molecule has 1 aromatic heterocycles. The molecule has 14 heavy (non-hydrogen) atoms. The van der Waals surface area contributed by atoms with E-state index in [9.17, 15) is 9.59 Å². The minimum absolute atomic E-state index is 0.0235. The fraction of sp³-hybridized carbons (Fsp3) is 0.500. The van der Waals surface area contributed by atoms with Crippen LogP contribution >= 0.6 is 11.3 Å². The van der Waals surface area contributed by atoms with Crippen molar-refractivity contribution in [2.45, 2.75) is 20.3 Å². The van der Waals surface area contributed by atoms with Crippen LogP contribution in [0.25, 0.3) is 0 Å². The van der Waals surface area contributed by atoms with Crippen LogP contribution in [0.5, 0.6) is 0 Å². The molecular formula is C8H10N2O3S. The molecule has 1 rings (SSSR count). The third kappa shape index (κ3) is 2.88. The minimum Gasteiger partial charge on any atom is -0.460 e. The molecule has 6 heteroatoms. The van der Waals surface area contributed by atoms with Crippen LogP contribution in [0, 0.1) is 6.92 Å². The topological polar surface area (TPSA) is 69.2 Å². The normalized spacial score (nSPS) is 9.86. The number of rotatable bonds is 4. The summed E-state index contributed by atoms with van der Waals surface area (Å²) in [5, 5.41) is 8.79. The fourth-order valence-electron chi connectivity index (χ4n) is 0.830. The largest absolute Gasteiger partial charge is 0.460 e. The smallest absolute Gasteiger partial charge is 0.375 e. The molecule has 0 atom stereocenters. The number of ketones is 1. The lowest BCUT2D eigenvalue weighted by Gasteiger charge is -1.97. The maximum absolute atomic E-state index is 11.2. The number of aromatic nitrogens is 2. The zero-order chi connectivity index (χ0) is 10.6. The van der Waals surface area contributed by atoms with Gasteiger partial charge in [-0.05, 0) is 13.8 Å². The van der Waals surface area contributed by atoms with Gasteiger partial charge < -0.3 is 4.74 Å². The number of aryl methyl sites for hydroxylation is 1. The van der Waals surface area contributed by atoms with Crippen molar-refractivity contribution < 1.29 is 14.3 Å². The maximum Gasteiger partial charge on any atom is 0.375 e. The molecule has 0 unspecified atom stereocenters. The molecule has 0 aliphatic rings. The molecule has 76 valence electrons. The highest BCUT2D eigenvalue weighted by Crippen LogP contribution is 2.08. The molecule has 0 saturated carbocycles. The molecule has 0 fully saturated rings. The molecule has 0 N–H and O–H groups in total. The van der Waals surface area contributed by atoms with E-state index >= 15 is 0 Å². The van der Waals surface area contributed by atoms with Crippen LogP contribution < -0.4 is 0 Å². The van der Waals surface area contributed by atoms with Gasteiger partial charge in [0.25, 0.3) is 0 Å². The van der Waals surface area contributed by atoms with Crippen molar-refractivity contribution in [2.75, 3.05) is 6.61 Å². The van der Waals surface area contributed by atoms with Crippen LogP contribution in [-0.4, -0.2) is 28.6 Å². The summed E-state index contributed by atoms with van der Waals surface area (Å²) in [6, 6.07) is 0. The van der Waals surface area contributed by atoms with Gasteiger partial charge in [-0.25, -0.2) is 4.79 Å². The minimum atomic E-state index is -0.805. The van der Waals surface area contributed by atoms with Gasteiger partial charge in [0.05, 0.1) is 13.0 Å². The quantitative estimate of drug-likeness (QED) is 0.540. The van der Waals surface area contributed by atoms with E-state index in [4.69, 9.17) is 0 Å². The lowest BCUT2D eigenvalue weighted by Crippen LogP contribution is -2.19. The summed E-state index contributed by atoms with van der Waals surface area (Å²) in [7, 11) is 0. The van der Waals surface area contributed by atoms with Gasteiger partial charge >= 0.3 is 5.97 Å². The summed E-state index contributed by atoms with van der Waals surface area (Å²) in [4.78, 5) is 22.1. The van der Waals surface area contributed by atoms with Gasteiger partial charge in [-0.2, -0.15) is 0 Å². The number of carbonyl (C=O) groups is 2. The zero-order valence-electron chi connectivity index (χ0n) is 7.94. The molecule has 0 amide bonds. The molecule has 0 saturated heterocycles. The Balaban J connectivity index is 2.53. The lowest BCUT2D eigenvalue weighted by atomic mass is 10.3. The van der Waals surface area contributed by atoms with Crippen LogP contribution in [0.3, 0.4) is 0 Å². The number of hydrogen-bond acceptors (Lipinski definition) is 6. The van der Waals surface area contributed by atoms with Crippen molar-refractivity contribution in [2.24, 2.45) is 0 Å². The second-order valence-corrected chi connectivity index (χ2v) is 3.80. The van der Waals surface area contributed by atoms with E-state index in [0.717, 1.165) is 5.01 Å². The Bertz CT molecular complexity index is 348. The van der Waals surface area contributed by atoms with Crippen LogP contribution in [0.1, 0.15) is 16.9 Å². The van der Waals surface area contributed by atoms with Gasteiger partial charge in [-0.3, -0.25) is 4.79 Å². The first-order valence-electron chi connectivity index (χ1n) is 4.12. The summed E-state index contributed by atoms with van der Waals surface area (Å²) < 4.78 is 4.55. The highest BCUT2D eigenvalue weighted by Gasteiger charge is 2.17. The third-order valence-electron chi connectivity index (χ3n) is 1.38. The Labute approximate surface area is 85.1 Å². The average molecular weight is 214 g/mol. The Morgan fingerprint density at radius 2 is 2.14 bits per heavy atom. The molecule has 0 radical (unpaired) electrons. The molecule has 0 spiro atoms. The van der Waals surface area contributed by atoms with Gasteiger partial charge in [-0.15, -0.1) is 21.5 Å². The summed E-state index contributed by atoms with van der Waals surface area (Å²) in [6.45, 7) is 3.65. The summed E-state index contributed by atoms with van der Waals surface area (Å²) in [5.41, 5.74) is 0. The number of nitrogens with zero attached hydrogens (tertiary/aromatic N) is 2. The van der Waals surface area contributed by atoms with E-state index in [-0.39, 0.29) is 13.0 Å². The summed E-state index contributed by atoms with van der Waals surface area (Å²) in [6.07, 6.45) is -0.0235. The second kappa shape index (κ2) is 4.80. The maximum atomic E-state index is 11.2. The van der Waals surface area contributed by atoms with Gasteiger partial charge in [0.1, 0.15) is 10.0 Å². The van der Waals surface area contributed by atoms with E-state index in [1.165, 1.54) is 11.3 Å². The van der Waals surface area contributed by atoms with Crippen molar-refractivity contribution in [1.82, 2.24) is 10.2 Å². The molecule has 0 bridgehead atoms. The van der Waals surface area contributed by atoms with Gasteiger partial charge in [0, 0.05) is 0 Å². The molecule has 0 aromatic carbocycles. The molecule has 1 aromatic rings. The zero-order valence-corrected chi connectivity index (χ0v) is 8.76. The van der Waals surface area contributed by atoms with Crippen LogP contribution in [-0.2, 0) is 20.7 Å². The van der Waals surface area contributed by atoms with Crippen molar-refractivity contribution in [3.63, 3.8) is 0 Å². The van der Waals surface area contributed by atoms with Crippen LogP contribution in [0.2, 0.25) is 0 Å². The summed E-state index contributed by atoms with van der Waals surface area (Å²) in [5.74, 6) is -1.39. The number of hydrogen-bond donors (Lipinski definition) is 0. The first kappa shape index (κ1) is 10.8. The predicted molar refractivity (Wildman–Crippen MR) is 50.0 cm³/mol. The second-order valence-electron chi connectivity index (χ2n) is 2.54. The first-order chi connectivity index (χ1) is 6.63. The molecule has 1 heterocycles. The lowest BCUT2D eigenvalue weighted by molar-refractivity contribution is -0.153. The molecule has 0 aliphatic carbocycles. The van der Waals surface area contributed by atoms with Crippen molar-refractivity contribution in [1.29, 1.82) is 0 Å². The van der Waals surface area contributed by atoms with Crippen molar-refractivity contribution >= 4 is 23.1 Å². The van der Waals surface area contributed by atoms with Gasteiger partial charge in [0.15, 0.2) is 0 Å². The number of Topliss-reactive ketones (excluding diaryl/α,β-unsaturated/α-hetero) is 1. The van der Waals surface area contributed by atoms with E-state index in [0.29, 0.717) is 5.01 Å². The SMILES string of the molecule is CCOC(=O)C(=O)Cc1nnc(C)s1. The Kier molecular flexibility index (Phi) is 3.70. The fourth-order valence-corrected chi connectivity index (χ4v) is 1.54. The first-order valence-corrected chi connectivity index (χ1v) is 4.94. The molecule has 0 aliphatic heterocycles. The van der Waals surface area contributed by atoms with Crippen molar-refractivity contribution in [3.05, 3.63) is 10.0 Å². The van der Waals surface area contributed by atoms with Crippen molar-refractivity contribution in [3.8, 4) is 0 Å². The third-order valence-corrected chi connectivity index (χ3v) is 2.22. The number of carbonyl (C=O) groups excluding carboxylic acids is 2. The van der Waals surface area contributed by atoms with Gasteiger partial charge in [0.2, 0.25) is 5.78 Å². The Hall–Kier alpha value is -1.30. The monoisotopic (exact) mass is 214 g/mol. The summed E-state index contributed by atoms with van der Waals surface area (Å²) >= 11 is 1.30. The Morgan fingerprint density at radius 3 is 2.64 bits per heavy atom. The van der Waals surface area contributed by atoms with E-state index in [2.05, 4.69) is 14.9 Å². The standard InChI is InChI=1S/C8H10N2O3S/c1-3-13-8(12)6(11)4-7-10-9-5(2)14-7/h3-4H2,1-2H3. The van der Waals surface area contributed by atoms with E-state index in [1.807, 2.05) is 0 Å². The van der Waals surface area contributed by atoms with Crippen LogP contribution in [0.4, 0.5) is 0 Å². The number of esters is 1. The van der Waals surface area contributed by atoms with Gasteiger partial charge in [-0.1, -0.05) is 0 Å².